The SMILES string of the molecule is CCC1CC2(CCO1)CC(Cl)CCO2. The van der Waals surface area contributed by atoms with Crippen molar-refractivity contribution in [2.75, 3.05) is 13.2 Å². The van der Waals surface area contributed by atoms with Crippen molar-refractivity contribution in [1.82, 2.24) is 0 Å². The van der Waals surface area contributed by atoms with E-state index >= 15 is 0 Å². The predicted octanol–water partition coefficient (Wildman–Crippen LogP) is 2.73. The van der Waals surface area contributed by atoms with E-state index in [1.165, 1.54) is 0 Å². The molecule has 2 rings (SSSR count). The highest BCUT2D eigenvalue weighted by molar-refractivity contribution is 6.20. The van der Waals surface area contributed by atoms with Gasteiger partial charge in [-0.2, -0.15) is 0 Å². The summed E-state index contributed by atoms with van der Waals surface area (Å²) in [6, 6.07) is 0. The van der Waals surface area contributed by atoms with Crippen molar-refractivity contribution in [1.29, 1.82) is 0 Å². The van der Waals surface area contributed by atoms with Crippen LogP contribution < -0.4 is 0 Å². The second kappa shape index (κ2) is 4.38. The van der Waals surface area contributed by atoms with Gasteiger partial charge in [0.2, 0.25) is 0 Å². The Kier molecular flexibility index (Phi) is 3.35. The number of alkyl halides is 1. The number of hydrogen-bond acceptors (Lipinski definition) is 2. The highest BCUT2D eigenvalue weighted by atomic mass is 35.5. The van der Waals surface area contributed by atoms with Gasteiger partial charge in [0, 0.05) is 25.0 Å². The van der Waals surface area contributed by atoms with E-state index in [1.54, 1.807) is 0 Å². The summed E-state index contributed by atoms with van der Waals surface area (Å²) in [6.07, 6.45) is 5.53. The van der Waals surface area contributed by atoms with E-state index in [0.717, 1.165) is 45.3 Å². The van der Waals surface area contributed by atoms with Crippen LogP contribution in [0.15, 0.2) is 0 Å². The first-order valence-corrected chi connectivity index (χ1v) is 6.07. The molecule has 0 aliphatic carbocycles. The summed E-state index contributed by atoms with van der Waals surface area (Å²) in [6.45, 7) is 3.83. The van der Waals surface area contributed by atoms with Crippen LogP contribution in [0, 0.1) is 0 Å². The predicted molar refractivity (Wildman–Crippen MR) is 56.8 cm³/mol. The molecule has 2 heterocycles. The number of ether oxygens (including phenoxy) is 2. The smallest absolute Gasteiger partial charge is 0.0743 e. The van der Waals surface area contributed by atoms with E-state index in [4.69, 9.17) is 21.1 Å². The third-order valence-electron chi connectivity index (χ3n) is 3.40. The Morgan fingerprint density at radius 2 is 2.21 bits per heavy atom. The molecule has 1 spiro atoms. The van der Waals surface area contributed by atoms with Crippen LogP contribution in [0.1, 0.15) is 39.0 Å². The molecule has 3 heteroatoms. The minimum Gasteiger partial charge on any atom is -0.378 e. The summed E-state index contributed by atoms with van der Waals surface area (Å²) in [5, 5.41) is 0.305. The van der Waals surface area contributed by atoms with Crippen LogP contribution in [0.25, 0.3) is 0 Å². The van der Waals surface area contributed by atoms with Crippen molar-refractivity contribution in [3.05, 3.63) is 0 Å². The Balaban J connectivity index is 1.99. The Morgan fingerprint density at radius 3 is 2.93 bits per heavy atom. The molecule has 2 aliphatic rings. The number of rotatable bonds is 1. The van der Waals surface area contributed by atoms with Crippen molar-refractivity contribution in [3.63, 3.8) is 0 Å². The third-order valence-corrected chi connectivity index (χ3v) is 3.77. The molecule has 0 saturated carbocycles. The summed E-state index contributed by atoms with van der Waals surface area (Å²) in [4.78, 5) is 0. The zero-order valence-corrected chi connectivity index (χ0v) is 9.55. The molecular weight excluding hydrogens is 200 g/mol. The van der Waals surface area contributed by atoms with Crippen molar-refractivity contribution in [2.45, 2.75) is 56.1 Å². The summed E-state index contributed by atoms with van der Waals surface area (Å²) in [7, 11) is 0. The van der Waals surface area contributed by atoms with Gasteiger partial charge in [-0.05, 0) is 25.7 Å². The first-order chi connectivity index (χ1) is 6.74. The Bertz CT molecular complexity index is 194. The maximum Gasteiger partial charge on any atom is 0.0743 e. The lowest BCUT2D eigenvalue weighted by Crippen LogP contribution is -2.47. The zero-order chi connectivity index (χ0) is 10.0. The monoisotopic (exact) mass is 218 g/mol. The normalized spacial score (nSPS) is 44.1. The first kappa shape index (κ1) is 10.7. The van der Waals surface area contributed by atoms with Gasteiger partial charge in [-0.3, -0.25) is 0 Å². The minimum atomic E-state index is 0.0452. The lowest BCUT2D eigenvalue weighted by molar-refractivity contribution is -0.156. The number of halogens is 1. The van der Waals surface area contributed by atoms with Gasteiger partial charge >= 0.3 is 0 Å². The first-order valence-electron chi connectivity index (χ1n) is 5.64. The van der Waals surface area contributed by atoms with E-state index in [2.05, 4.69) is 6.92 Å². The standard InChI is InChI=1S/C11H19ClO2/c1-2-10-8-11(4-6-13-10)7-9(12)3-5-14-11/h9-10H,2-8H2,1H3. The molecular formula is C11H19ClO2. The second-order valence-electron chi connectivity index (χ2n) is 4.48. The average Bonchev–Trinajstić information content (AvgIpc) is 2.17. The lowest BCUT2D eigenvalue weighted by Gasteiger charge is -2.44. The molecule has 2 nitrogen and oxygen atoms in total. The molecule has 2 aliphatic heterocycles. The van der Waals surface area contributed by atoms with Gasteiger partial charge in [0.1, 0.15) is 0 Å². The summed E-state index contributed by atoms with van der Waals surface area (Å²) in [5.74, 6) is 0. The Labute approximate surface area is 90.9 Å². The topological polar surface area (TPSA) is 18.5 Å². The van der Waals surface area contributed by atoms with Gasteiger partial charge in [-0.15, -0.1) is 11.6 Å². The molecule has 2 saturated heterocycles. The Morgan fingerprint density at radius 1 is 1.36 bits per heavy atom. The summed E-state index contributed by atoms with van der Waals surface area (Å²) < 4.78 is 11.6. The minimum absolute atomic E-state index is 0.0452. The van der Waals surface area contributed by atoms with Crippen LogP contribution in [0.5, 0.6) is 0 Å². The molecule has 3 atom stereocenters. The molecule has 14 heavy (non-hydrogen) atoms. The highest BCUT2D eigenvalue weighted by Crippen LogP contribution is 2.38. The molecule has 2 fully saturated rings. The second-order valence-corrected chi connectivity index (χ2v) is 5.09. The van der Waals surface area contributed by atoms with Crippen LogP contribution in [0.3, 0.4) is 0 Å². The van der Waals surface area contributed by atoms with Crippen LogP contribution >= 0.6 is 11.6 Å². The molecule has 0 aromatic carbocycles. The van der Waals surface area contributed by atoms with E-state index in [0.29, 0.717) is 11.5 Å². The molecule has 0 bridgehead atoms. The average molecular weight is 219 g/mol. The molecule has 0 N–H and O–H groups in total. The van der Waals surface area contributed by atoms with Crippen molar-refractivity contribution >= 4 is 11.6 Å². The maximum absolute atomic E-state index is 6.21. The van der Waals surface area contributed by atoms with Crippen LogP contribution in [0.2, 0.25) is 0 Å². The zero-order valence-electron chi connectivity index (χ0n) is 8.80. The van der Waals surface area contributed by atoms with E-state index in [1.807, 2.05) is 0 Å². The van der Waals surface area contributed by atoms with Crippen LogP contribution in [-0.2, 0) is 9.47 Å². The summed E-state index contributed by atoms with van der Waals surface area (Å²) in [5.41, 5.74) is 0.0452. The van der Waals surface area contributed by atoms with Crippen LogP contribution in [-0.4, -0.2) is 30.3 Å². The van der Waals surface area contributed by atoms with Gasteiger partial charge in [-0.25, -0.2) is 0 Å². The largest absolute Gasteiger partial charge is 0.378 e. The van der Waals surface area contributed by atoms with E-state index in [-0.39, 0.29) is 5.60 Å². The fourth-order valence-corrected chi connectivity index (χ4v) is 2.90. The van der Waals surface area contributed by atoms with Crippen molar-refractivity contribution in [3.8, 4) is 0 Å². The molecule has 82 valence electrons. The molecule has 3 unspecified atom stereocenters. The van der Waals surface area contributed by atoms with Gasteiger partial charge in [-0.1, -0.05) is 6.92 Å². The fraction of sp³-hybridized carbons (Fsp3) is 1.00. The highest BCUT2D eigenvalue weighted by Gasteiger charge is 2.41. The van der Waals surface area contributed by atoms with Crippen LogP contribution in [0.4, 0.5) is 0 Å². The van der Waals surface area contributed by atoms with Crippen molar-refractivity contribution in [2.24, 2.45) is 0 Å². The van der Waals surface area contributed by atoms with Crippen molar-refractivity contribution < 1.29 is 9.47 Å². The fourth-order valence-electron chi connectivity index (χ4n) is 2.53. The molecule has 0 aromatic heterocycles. The molecule has 0 amide bonds. The maximum atomic E-state index is 6.21. The quantitative estimate of drug-likeness (QED) is 0.631. The van der Waals surface area contributed by atoms with Gasteiger partial charge in [0.05, 0.1) is 11.7 Å². The van der Waals surface area contributed by atoms with Gasteiger partial charge < -0.3 is 9.47 Å². The van der Waals surface area contributed by atoms with Gasteiger partial charge in [0.25, 0.3) is 0 Å². The van der Waals surface area contributed by atoms with E-state index in [9.17, 15) is 0 Å². The lowest BCUT2D eigenvalue weighted by atomic mass is 9.83. The van der Waals surface area contributed by atoms with Gasteiger partial charge in [0.15, 0.2) is 0 Å². The third kappa shape index (κ3) is 2.23. The number of hydrogen-bond donors (Lipinski definition) is 0. The summed E-state index contributed by atoms with van der Waals surface area (Å²) >= 11 is 6.21. The van der Waals surface area contributed by atoms with E-state index < -0.39 is 0 Å². The molecule has 0 aromatic rings. The Hall–Kier alpha value is 0.210. The molecule has 0 radical (unpaired) electrons.